The largest absolute Gasteiger partial charge is 0.367 e. The van der Waals surface area contributed by atoms with Crippen LogP contribution in [0, 0.1) is 0 Å². The van der Waals surface area contributed by atoms with Crippen LogP contribution in [0.3, 0.4) is 0 Å². The number of carbonyl (C=O) groups excluding carboxylic acids is 2. The number of rotatable bonds is 4. The van der Waals surface area contributed by atoms with Crippen molar-refractivity contribution in [2.24, 2.45) is 5.73 Å². The number of morpholine rings is 1. The lowest BCUT2D eigenvalue weighted by molar-refractivity contribution is -0.142. The third-order valence-electron chi connectivity index (χ3n) is 3.82. The Morgan fingerprint density at radius 3 is 2.92 bits per heavy atom. The Hall–Kier alpha value is -2.15. The van der Waals surface area contributed by atoms with Crippen molar-refractivity contribution in [2.45, 2.75) is 6.10 Å². The van der Waals surface area contributed by atoms with E-state index in [1.807, 2.05) is 36.4 Å². The van der Waals surface area contributed by atoms with E-state index in [4.69, 9.17) is 22.1 Å². The third kappa shape index (κ3) is 4.48. The molecule has 2 amide bonds. The summed E-state index contributed by atoms with van der Waals surface area (Å²) in [5, 5.41) is 0.689. The number of halogens is 1. The van der Waals surface area contributed by atoms with Crippen LogP contribution in [0.2, 0.25) is 5.02 Å². The summed E-state index contributed by atoms with van der Waals surface area (Å²) in [7, 11) is 0. The van der Waals surface area contributed by atoms with E-state index in [0.29, 0.717) is 18.2 Å². The predicted molar refractivity (Wildman–Crippen MR) is 99.3 cm³/mol. The molecule has 0 bridgehead atoms. The van der Waals surface area contributed by atoms with Crippen LogP contribution in [0.1, 0.15) is 4.88 Å². The standard InChI is InChI=1S/C18H17ClN2O3S/c19-13-3-1-2-12(10-13)16-6-4-14(25-16)5-7-17(22)21-8-9-24-15(11-21)18(20)23/h1-7,10,15H,8-9,11H2,(H2,20,23)/b7-5-/t15-/m1/s1. The van der Waals surface area contributed by atoms with E-state index in [-0.39, 0.29) is 12.5 Å². The first kappa shape index (κ1) is 17.7. The number of carbonyl (C=O) groups is 2. The van der Waals surface area contributed by atoms with Gasteiger partial charge in [-0.3, -0.25) is 9.59 Å². The quantitative estimate of drug-likeness (QED) is 0.834. The van der Waals surface area contributed by atoms with Gasteiger partial charge in [0, 0.05) is 27.4 Å². The van der Waals surface area contributed by atoms with Crippen molar-refractivity contribution in [3.05, 3.63) is 52.4 Å². The maximum atomic E-state index is 12.3. The minimum absolute atomic E-state index is 0.160. The van der Waals surface area contributed by atoms with Gasteiger partial charge in [0.2, 0.25) is 11.8 Å². The van der Waals surface area contributed by atoms with Crippen LogP contribution < -0.4 is 5.73 Å². The maximum absolute atomic E-state index is 12.3. The summed E-state index contributed by atoms with van der Waals surface area (Å²) in [6, 6.07) is 11.6. The number of hydrogen-bond acceptors (Lipinski definition) is 4. The van der Waals surface area contributed by atoms with Crippen LogP contribution in [0.4, 0.5) is 0 Å². The maximum Gasteiger partial charge on any atom is 0.248 e. The fourth-order valence-corrected chi connectivity index (χ4v) is 3.62. The molecule has 5 nitrogen and oxygen atoms in total. The second-order valence-corrected chi connectivity index (χ2v) is 7.14. The number of nitrogens with two attached hydrogens (primary N) is 1. The molecule has 1 fully saturated rings. The van der Waals surface area contributed by atoms with Gasteiger partial charge in [0.25, 0.3) is 0 Å². The zero-order chi connectivity index (χ0) is 17.8. The van der Waals surface area contributed by atoms with Crippen LogP contribution in [0.5, 0.6) is 0 Å². The first-order valence-corrected chi connectivity index (χ1v) is 8.96. The van der Waals surface area contributed by atoms with Crippen molar-refractivity contribution in [1.82, 2.24) is 4.90 Å². The highest BCUT2D eigenvalue weighted by atomic mass is 35.5. The van der Waals surface area contributed by atoms with E-state index < -0.39 is 12.0 Å². The van der Waals surface area contributed by atoms with Gasteiger partial charge in [-0.15, -0.1) is 11.3 Å². The van der Waals surface area contributed by atoms with Crippen LogP contribution in [-0.2, 0) is 14.3 Å². The summed E-state index contributed by atoms with van der Waals surface area (Å²) < 4.78 is 5.24. The van der Waals surface area contributed by atoms with Gasteiger partial charge in [-0.1, -0.05) is 23.7 Å². The number of primary amides is 1. The lowest BCUT2D eigenvalue weighted by Gasteiger charge is -2.30. The highest BCUT2D eigenvalue weighted by Crippen LogP contribution is 2.30. The number of ether oxygens (including phenoxy) is 1. The molecule has 1 aliphatic heterocycles. The summed E-state index contributed by atoms with van der Waals surface area (Å²) in [6.45, 7) is 0.951. The number of hydrogen-bond donors (Lipinski definition) is 1. The van der Waals surface area contributed by atoms with Gasteiger partial charge < -0.3 is 15.4 Å². The van der Waals surface area contributed by atoms with Gasteiger partial charge in [-0.05, 0) is 35.9 Å². The van der Waals surface area contributed by atoms with Gasteiger partial charge in [0.1, 0.15) is 0 Å². The van der Waals surface area contributed by atoms with Crippen LogP contribution >= 0.6 is 22.9 Å². The molecule has 1 aromatic heterocycles. The number of amides is 2. The van der Waals surface area contributed by atoms with Crippen LogP contribution in [-0.4, -0.2) is 42.5 Å². The lowest BCUT2D eigenvalue weighted by atomic mass is 10.2. The molecular weight excluding hydrogens is 360 g/mol. The normalized spacial score (nSPS) is 17.8. The number of thiophene rings is 1. The van der Waals surface area contributed by atoms with Crippen LogP contribution in [0.25, 0.3) is 16.5 Å². The summed E-state index contributed by atoms with van der Waals surface area (Å²) in [5.74, 6) is -0.710. The molecule has 130 valence electrons. The van der Waals surface area contributed by atoms with E-state index in [1.165, 1.54) is 6.08 Å². The Morgan fingerprint density at radius 2 is 2.16 bits per heavy atom. The molecule has 1 saturated heterocycles. The molecule has 3 rings (SSSR count). The molecule has 1 atom stereocenters. The van der Waals surface area contributed by atoms with Crippen LogP contribution in [0.15, 0.2) is 42.5 Å². The topological polar surface area (TPSA) is 72.6 Å². The van der Waals surface area contributed by atoms with Gasteiger partial charge in [0.05, 0.1) is 13.2 Å². The molecule has 1 aromatic carbocycles. The van der Waals surface area contributed by atoms with Gasteiger partial charge in [-0.2, -0.15) is 0 Å². The van der Waals surface area contributed by atoms with E-state index in [1.54, 1.807) is 22.3 Å². The van der Waals surface area contributed by atoms with Gasteiger partial charge in [0.15, 0.2) is 6.10 Å². The lowest BCUT2D eigenvalue weighted by Crippen LogP contribution is -2.50. The van der Waals surface area contributed by atoms with Crippen molar-refractivity contribution >= 4 is 40.8 Å². The molecule has 2 aromatic rings. The molecule has 0 aliphatic carbocycles. The van der Waals surface area contributed by atoms with E-state index >= 15 is 0 Å². The predicted octanol–water partition coefficient (Wildman–Crippen LogP) is 2.79. The highest BCUT2D eigenvalue weighted by molar-refractivity contribution is 7.16. The van der Waals surface area contributed by atoms with E-state index in [2.05, 4.69) is 0 Å². The molecular formula is C18H17ClN2O3S. The minimum atomic E-state index is -0.734. The fraction of sp³-hybridized carbons (Fsp3) is 0.222. The van der Waals surface area contributed by atoms with Gasteiger partial charge >= 0.3 is 0 Å². The van der Waals surface area contributed by atoms with Crippen molar-refractivity contribution in [2.75, 3.05) is 19.7 Å². The second-order valence-electron chi connectivity index (χ2n) is 5.59. The molecule has 0 radical (unpaired) electrons. The Balaban J connectivity index is 1.66. The minimum Gasteiger partial charge on any atom is -0.367 e. The Kier molecular flexibility index (Phi) is 5.53. The SMILES string of the molecule is NC(=O)[C@H]1CN(C(=O)/C=C\c2ccc(-c3cccc(Cl)c3)s2)CCO1. The van der Waals surface area contributed by atoms with Crippen molar-refractivity contribution in [3.8, 4) is 10.4 Å². The summed E-state index contributed by atoms with van der Waals surface area (Å²) in [4.78, 5) is 27.1. The first-order chi connectivity index (χ1) is 12.0. The van der Waals surface area contributed by atoms with Crippen molar-refractivity contribution < 1.29 is 14.3 Å². The Labute approximate surface area is 154 Å². The molecule has 0 saturated carbocycles. The summed E-state index contributed by atoms with van der Waals surface area (Å²) >= 11 is 7.60. The van der Waals surface area contributed by atoms with E-state index in [0.717, 1.165) is 15.3 Å². The number of benzene rings is 1. The molecule has 0 spiro atoms. The average molecular weight is 377 g/mol. The zero-order valence-corrected chi connectivity index (χ0v) is 14.9. The van der Waals surface area contributed by atoms with Gasteiger partial charge in [-0.25, -0.2) is 0 Å². The molecule has 0 unspecified atom stereocenters. The smallest absolute Gasteiger partial charge is 0.248 e. The number of nitrogens with zero attached hydrogens (tertiary/aromatic N) is 1. The fourth-order valence-electron chi connectivity index (χ4n) is 2.52. The first-order valence-electron chi connectivity index (χ1n) is 7.76. The molecule has 25 heavy (non-hydrogen) atoms. The van der Waals surface area contributed by atoms with Crippen molar-refractivity contribution in [3.63, 3.8) is 0 Å². The zero-order valence-electron chi connectivity index (χ0n) is 13.4. The molecule has 2 heterocycles. The molecule has 2 N–H and O–H groups in total. The molecule has 7 heteroatoms. The monoisotopic (exact) mass is 376 g/mol. The third-order valence-corrected chi connectivity index (χ3v) is 5.16. The van der Waals surface area contributed by atoms with Crippen molar-refractivity contribution in [1.29, 1.82) is 0 Å². The highest BCUT2D eigenvalue weighted by Gasteiger charge is 2.26. The average Bonchev–Trinajstić information content (AvgIpc) is 3.09. The molecule has 1 aliphatic rings. The summed E-state index contributed by atoms with van der Waals surface area (Å²) in [5.41, 5.74) is 6.28. The summed E-state index contributed by atoms with van der Waals surface area (Å²) in [6.07, 6.45) is 2.55. The Morgan fingerprint density at radius 1 is 1.32 bits per heavy atom. The Bertz CT molecular complexity index is 818. The van der Waals surface area contributed by atoms with E-state index in [9.17, 15) is 9.59 Å². The second kappa shape index (κ2) is 7.82.